The summed E-state index contributed by atoms with van der Waals surface area (Å²) in [5, 5.41) is 6.01. The zero-order valence-corrected chi connectivity index (χ0v) is 10.1. The summed E-state index contributed by atoms with van der Waals surface area (Å²) in [7, 11) is 0. The first-order chi connectivity index (χ1) is 8.65. The molecule has 0 radical (unpaired) electrons. The lowest BCUT2D eigenvalue weighted by Crippen LogP contribution is -2.23. The van der Waals surface area contributed by atoms with Crippen LogP contribution in [0.15, 0.2) is 24.3 Å². The molecule has 1 aliphatic rings. The number of nitrogens with one attached hydrogen (secondary N) is 2. The summed E-state index contributed by atoms with van der Waals surface area (Å²) in [6.45, 7) is 0.687. The van der Waals surface area contributed by atoms with Gasteiger partial charge in [0.2, 0.25) is 11.8 Å². The van der Waals surface area contributed by atoms with E-state index >= 15 is 0 Å². The number of carbonyl (C=O) groups is 2. The summed E-state index contributed by atoms with van der Waals surface area (Å²) < 4.78 is 0. The second-order valence-corrected chi connectivity index (χ2v) is 4.47. The van der Waals surface area contributed by atoms with Crippen LogP contribution in [0, 0.1) is 0 Å². The highest BCUT2D eigenvalue weighted by molar-refractivity contribution is 5.96. The Balaban J connectivity index is 1.81. The molecule has 0 spiro atoms. The topological polar surface area (TPSA) is 84.2 Å². The number of hydrogen-bond donors (Lipinski definition) is 3. The maximum atomic E-state index is 11.6. The Kier molecular flexibility index (Phi) is 3.94. The van der Waals surface area contributed by atoms with Crippen LogP contribution in [0.2, 0.25) is 0 Å². The van der Waals surface area contributed by atoms with Gasteiger partial charge in [0.25, 0.3) is 0 Å². The van der Waals surface area contributed by atoms with Crippen LogP contribution in [0.25, 0.3) is 0 Å². The molecule has 18 heavy (non-hydrogen) atoms. The van der Waals surface area contributed by atoms with Gasteiger partial charge in [-0.3, -0.25) is 9.59 Å². The largest absolute Gasteiger partial charge is 0.366 e. The molecule has 0 aliphatic heterocycles. The van der Waals surface area contributed by atoms with Crippen molar-refractivity contribution in [1.29, 1.82) is 0 Å². The first kappa shape index (κ1) is 12.6. The number of primary amides is 1. The Morgan fingerprint density at radius 1 is 1.33 bits per heavy atom. The summed E-state index contributed by atoms with van der Waals surface area (Å²) >= 11 is 0. The van der Waals surface area contributed by atoms with Crippen molar-refractivity contribution in [3.8, 4) is 0 Å². The van der Waals surface area contributed by atoms with Crippen molar-refractivity contribution in [1.82, 2.24) is 5.32 Å². The first-order valence-corrected chi connectivity index (χ1v) is 6.08. The highest BCUT2D eigenvalue weighted by atomic mass is 16.2. The van der Waals surface area contributed by atoms with Gasteiger partial charge in [0.1, 0.15) is 0 Å². The molecule has 0 atom stereocenters. The number of carbonyl (C=O) groups excluding carboxylic acids is 2. The van der Waals surface area contributed by atoms with Crippen LogP contribution in [0.4, 0.5) is 5.69 Å². The third-order valence-corrected chi connectivity index (χ3v) is 2.79. The lowest BCUT2D eigenvalue weighted by atomic mass is 10.2. The number of amides is 2. The first-order valence-electron chi connectivity index (χ1n) is 6.08. The van der Waals surface area contributed by atoms with Crippen molar-refractivity contribution >= 4 is 17.5 Å². The van der Waals surface area contributed by atoms with Crippen molar-refractivity contribution in [2.24, 2.45) is 5.73 Å². The smallest absolute Gasteiger partial charge is 0.248 e. The van der Waals surface area contributed by atoms with Gasteiger partial charge in [-0.15, -0.1) is 0 Å². The molecular weight excluding hydrogens is 230 g/mol. The fourth-order valence-electron chi connectivity index (χ4n) is 1.65. The average Bonchev–Trinajstić information content (AvgIpc) is 3.13. The molecule has 0 saturated heterocycles. The minimum atomic E-state index is -0.499. The van der Waals surface area contributed by atoms with Gasteiger partial charge in [0.15, 0.2) is 0 Å². The highest BCUT2D eigenvalue weighted by Crippen LogP contribution is 2.18. The van der Waals surface area contributed by atoms with Crippen molar-refractivity contribution in [3.63, 3.8) is 0 Å². The van der Waals surface area contributed by atoms with Crippen molar-refractivity contribution in [2.75, 3.05) is 11.9 Å². The van der Waals surface area contributed by atoms with Gasteiger partial charge in [-0.25, -0.2) is 0 Å². The summed E-state index contributed by atoms with van der Waals surface area (Å²) in [5.74, 6) is -0.564. The van der Waals surface area contributed by atoms with Crippen LogP contribution in [0.3, 0.4) is 0 Å². The van der Waals surface area contributed by atoms with Gasteiger partial charge in [-0.2, -0.15) is 0 Å². The molecule has 2 rings (SSSR count). The van der Waals surface area contributed by atoms with Gasteiger partial charge < -0.3 is 16.4 Å². The van der Waals surface area contributed by atoms with Gasteiger partial charge in [-0.1, -0.05) is 6.07 Å². The molecule has 1 aliphatic carbocycles. The third kappa shape index (κ3) is 3.85. The van der Waals surface area contributed by atoms with E-state index in [-0.39, 0.29) is 5.91 Å². The van der Waals surface area contributed by atoms with E-state index in [4.69, 9.17) is 5.73 Å². The molecule has 1 aromatic carbocycles. The Morgan fingerprint density at radius 2 is 2.11 bits per heavy atom. The SMILES string of the molecule is NC(=O)c1cccc(NC(=O)CCNC2CC2)c1. The van der Waals surface area contributed by atoms with E-state index in [9.17, 15) is 9.59 Å². The van der Waals surface area contributed by atoms with E-state index in [0.717, 1.165) is 0 Å². The Hall–Kier alpha value is -1.88. The molecule has 0 aromatic heterocycles. The Bertz CT molecular complexity index is 455. The second kappa shape index (κ2) is 5.64. The average molecular weight is 247 g/mol. The maximum Gasteiger partial charge on any atom is 0.248 e. The molecule has 4 N–H and O–H groups in total. The maximum absolute atomic E-state index is 11.6. The lowest BCUT2D eigenvalue weighted by molar-refractivity contribution is -0.116. The number of hydrogen-bond acceptors (Lipinski definition) is 3. The number of nitrogens with two attached hydrogens (primary N) is 1. The molecule has 5 heteroatoms. The number of rotatable bonds is 6. The van der Waals surface area contributed by atoms with Gasteiger partial charge in [0.05, 0.1) is 0 Å². The molecule has 0 heterocycles. The third-order valence-electron chi connectivity index (χ3n) is 2.79. The van der Waals surface area contributed by atoms with Gasteiger partial charge in [0, 0.05) is 30.3 Å². The lowest BCUT2D eigenvalue weighted by Gasteiger charge is -2.06. The molecule has 2 amide bonds. The molecule has 1 saturated carbocycles. The van der Waals surface area contributed by atoms with Gasteiger partial charge >= 0.3 is 0 Å². The zero-order chi connectivity index (χ0) is 13.0. The van der Waals surface area contributed by atoms with E-state index in [1.54, 1.807) is 24.3 Å². The standard InChI is InChI=1S/C13H17N3O2/c14-13(18)9-2-1-3-11(8-9)16-12(17)6-7-15-10-4-5-10/h1-3,8,10,15H,4-7H2,(H2,14,18)(H,16,17). The molecule has 0 bridgehead atoms. The van der Waals surface area contributed by atoms with Crippen molar-refractivity contribution in [2.45, 2.75) is 25.3 Å². The Labute approximate surface area is 106 Å². The minimum absolute atomic E-state index is 0.0650. The predicted octanol–water partition coefficient (Wildman–Crippen LogP) is 0.866. The highest BCUT2D eigenvalue weighted by Gasteiger charge is 2.20. The van der Waals surface area contributed by atoms with Crippen LogP contribution >= 0.6 is 0 Å². The van der Waals surface area contributed by atoms with Crippen LogP contribution in [0.5, 0.6) is 0 Å². The van der Waals surface area contributed by atoms with Crippen LogP contribution in [0.1, 0.15) is 29.6 Å². The summed E-state index contributed by atoms with van der Waals surface area (Å²) in [5.41, 5.74) is 6.16. The monoisotopic (exact) mass is 247 g/mol. The van der Waals surface area contributed by atoms with Crippen LogP contribution in [-0.2, 0) is 4.79 Å². The van der Waals surface area contributed by atoms with E-state index in [1.165, 1.54) is 12.8 Å². The fourth-order valence-corrected chi connectivity index (χ4v) is 1.65. The summed E-state index contributed by atoms with van der Waals surface area (Å²) in [6.07, 6.45) is 2.85. The van der Waals surface area contributed by atoms with E-state index < -0.39 is 5.91 Å². The molecule has 1 fully saturated rings. The minimum Gasteiger partial charge on any atom is -0.366 e. The van der Waals surface area contributed by atoms with Crippen LogP contribution < -0.4 is 16.4 Å². The Morgan fingerprint density at radius 3 is 2.78 bits per heavy atom. The molecular formula is C13H17N3O2. The second-order valence-electron chi connectivity index (χ2n) is 4.47. The fraction of sp³-hybridized carbons (Fsp3) is 0.385. The molecule has 1 aromatic rings. The number of anilines is 1. The summed E-state index contributed by atoms with van der Waals surface area (Å²) in [4.78, 5) is 22.6. The molecule has 5 nitrogen and oxygen atoms in total. The molecule has 0 unspecified atom stereocenters. The quantitative estimate of drug-likeness (QED) is 0.697. The number of benzene rings is 1. The van der Waals surface area contributed by atoms with E-state index in [1.807, 2.05) is 0 Å². The van der Waals surface area contributed by atoms with Crippen LogP contribution in [-0.4, -0.2) is 24.4 Å². The van der Waals surface area contributed by atoms with Gasteiger partial charge in [-0.05, 0) is 31.0 Å². The molecule has 96 valence electrons. The van der Waals surface area contributed by atoms with Crippen molar-refractivity contribution < 1.29 is 9.59 Å². The predicted molar refractivity (Wildman–Crippen MR) is 69.2 cm³/mol. The van der Waals surface area contributed by atoms with E-state index in [0.29, 0.717) is 30.3 Å². The summed E-state index contributed by atoms with van der Waals surface area (Å²) in [6, 6.07) is 7.23. The zero-order valence-electron chi connectivity index (χ0n) is 10.1. The normalized spacial score (nSPS) is 14.2. The van der Waals surface area contributed by atoms with E-state index in [2.05, 4.69) is 10.6 Å². The van der Waals surface area contributed by atoms with Crippen molar-refractivity contribution in [3.05, 3.63) is 29.8 Å².